The number of unbranched alkanes of at least 4 members (excludes halogenated alkanes) is 3. The quantitative estimate of drug-likeness (QED) is 0.431. The highest BCUT2D eigenvalue weighted by Crippen LogP contribution is 2.16. The second-order valence-corrected chi connectivity index (χ2v) is 6.99. The molecule has 1 unspecified atom stereocenters. The summed E-state index contributed by atoms with van der Waals surface area (Å²) in [4.78, 5) is 0. The van der Waals surface area contributed by atoms with Crippen LogP contribution in [-0.2, 0) is 6.42 Å². The van der Waals surface area contributed by atoms with Crippen molar-refractivity contribution in [2.45, 2.75) is 64.8 Å². The zero-order valence-electron chi connectivity index (χ0n) is 15.9. The van der Waals surface area contributed by atoms with E-state index in [9.17, 15) is 0 Å². The Labute approximate surface area is 154 Å². The van der Waals surface area contributed by atoms with Gasteiger partial charge in [0.15, 0.2) is 0 Å². The number of hydrogen-bond acceptors (Lipinski definition) is 2. The third kappa shape index (κ3) is 8.11. The summed E-state index contributed by atoms with van der Waals surface area (Å²) in [6.07, 6.45) is 8.87. The Hall–Kier alpha value is -1.96. The minimum Gasteiger partial charge on any atom is -0.385 e. The summed E-state index contributed by atoms with van der Waals surface area (Å²) in [5, 5.41) is 7.12. The molecule has 0 radical (unpaired) electrons. The van der Waals surface area contributed by atoms with Crippen molar-refractivity contribution in [2.24, 2.45) is 0 Å². The lowest BCUT2D eigenvalue weighted by molar-refractivity contribution is 0.594. The summed E-state index contributed by atoms with van der Waals surface area (Å²) < 4.78 is 0. The van der Waals surface area contributed by atoms with Crippen molar-refractivity contribution in [1.82, 2.24) is 0 Å². The molecule has 0 amide bonds. The molecule has 0 saturated carbocycles. The van der Waals surface area contributed by atoms with Crippen molar-refractivity contribution in [2.75, 3.05) is 17.2 Å². The molecule has 0 heterocycles. The largest absolute Gasteiger partial charge is 0.385 e. The van der Waals surface area contributed by atoms with Crippen LogP contribution in [0.4, 0.5) is 11.4 Å². The second-order valence-electron chi connectivity index (χ2n) is 6.99. The van der Waals surface area contributed by atoms with Gasteiger partial charge < -0.3 is 10.6 Å². The van der Waals surface area contributed by atoms with E-state index in [0.29, 0.717) is 6.04 Å². The first kappa shape index (κ1) is 19.4. The fourth-order valence-corrected chi connectivity index (χ4v) is 3.09. The lowest BCUT2D eigenvalue weighted by Crippen LogP contribution is -2.14. The summed E-state index contributed by atoms with van der Waals surface area (Å²) in [5.74, 6) is 0. The lowest BCUT2D eigenvalue weighted by Gasteiger charge is -2.15. The summed E-state index contributed by atoms with van der Waals surface area (Å²) in [5.41, 5.74) is 3.84. The van der Waals surface area contributed by atoms with Gasteiger partial charge in [0.1, 0.15) is 0 Å². The van der Waals surface area contributed by atoms with E-state index in [0.717, 1.165) is 19.4 Å². The molecule has 0 aliphatic rings. The van der Waals surface area contributed by atoms with Crippen LogP contribution < -0.4 is 10.6 Å². The molecule has 0 aromatic heterocycles. The van der Waals surface area contributed by atoms with E-state index in [2.05, 4.69) is 79.1 Å². The van der Waals surface area contributed by atoms with E-state index in [4.69, 9.17) is 0 Å². The van der Waals surface area contributed by atoms with Gasteiger partial charge in [-0.25, -0.2) is 0 Å². The van der Waals surface area contributed by atoms with Gasteiger partial charge >= 0.3 is 0 Å². The second kappa shape index (κ2) is 11.6. The highest BCUT2D eigenvalue weighted by Gasteiger charge is 2.02. The van der Waals surface area contributed by atoms with Crippen LogP contribution in [0.5, 0.6) is 0 Å². The monoisotopic (exact) mass is 338 g/mol. The maximum Gasteiger partial charge on any atom is 0.0343 e. The van der Waals surface area contributed by atoms with Gasteiger partial charge in [-0.05, 0) is 56.0 Å². The van der Waals surface area contributed by atoms with E-state index < -0.39 is 0 Å². The van der Waals surface area contributed by atoms with Gasteiger partial charge in [-0.2, -0.15) is 0 Å². The fraction of sp³-hybridized carbons (Fsp3) is 0.478. The molecule has 2 rings (SSSR count). The average molecular weight is 339 g/mol. The van der Waals surface area contributed by atoms with Gasteiger partial charge in [0.25, 0.3) is 0 Å². The first-order chi connectivity index (χ1) is 12.3. The van der Waals surface area contributed by atoms with Crippen molar-refractivity contribution in [3.8, 4) is 0 Å². The molecular formula is C23H34N2. The van der Waals surface area contributed by atoms with Crippen LogP contribution in [0.3, 0.4) is 0 Å². The fourth-order valence-electron chi connectivity index (χ4n) is 3.09. The number of hydrogen-bond donors (Lipinski definition) is 2. The van der Waals surface area contributed by atoms with E-state index in [1.807, 2.05) is 0 Å². The molecule has 1 atom stereocenters. The van der Waals surface area contributed by atoms with Crippen LogP contribution in [0.25, 0.3) is 0 Å². The summed E-state index contributed by atoms with van der Waals surface area (Å²) in [6.45, 7) is 5.55. The van der Waals surface area contributed by atoms with E-state index >= 15 is 0 Å². The molecule has 0 spiro atoms. The molecule has 0 bridgehead atoms. The predicted octanol–water partition coefficient (Wildman–Crippen LogP) is 6.50. The van der Waals surface area contributed by atoms with Gasteiger partial charge in [-0.15, -0.1) is 0 Å². The minimum absolute atomic E-state index is 0.543. The zero-order chi connectivity index (χ0) is 17.7. The number of anilines is 2. The first-order valence-electron chi connectivity index (χ1n) is 9.92. The number of rotatable bonds is 12. The maximum absolute atomic E-state index is 3.61. The molecule has 0 aliphatic carbocycles. The average Bonchev–Trinajstić information content (AvgIpc) is 2.65. The SMILES string of the molecule is CCCCCCC(C)Nc1ccc(NCCCc2ccccc2)cc1. The number of benzene rings is 2. The Morgan fingerprint density at radius 3 is 2.24 bits per heavy atom. The molecular weight excluding hydrogens is 304 g/mol. The van der Waals surface area contributed by atoms with Crippen LogP contribution in [0.2, 0.25) is 0 Å². The summed E-state index contributed by atoms with van der Waals surface area (Å²) >= 11 is 0. The Kier molecular flexibility index (Phi) is 8.96. The first-order valence-corrected chi connectivity index (χ1v) is 9.92. The third-order valence-corrected chi connectivity index (χ3v) is 4.60. The predicted molar refractivity (Wildman–Crippen MR) is 112 cm³/mol. The molecule has 2 aromatic rings. The Balaban J connectivity index is 1.63. The molecule has 136 valence electrons. The van der Waals surface area contributed by atoms with Crippen LogP contribution in [-0.4, -0.2) is 12.6 Å². The van der Waals surface area contributed by atoms with E-state index in [1.165, 1.54) is 49.0 Å². The Morgan fingerprint density at radius 1 is 0.800 bits per heavy atom. The van der Waals surface area contributed by atoms with Crippen LogP contribution in [0.15, 0.2) is 54.6 Å². The summed E-state index contributed by atoms with van der Waals surface area (Å²) in [6, 6.07) is 19.9. The highest BCUT2D eigenvalue weighted by molar-refractivity contribution is 5.53. The number of aryl methyl sites for hydroxylation is 1. The van der Waals surface area contributed by atoms with E-state index in [-0.39, 0.29) is 0 Å². The van der Waals surface area contributed by atoms with Crippen molar-refractivity contribution in [3.63, 3.8) is 0 Å². The normalized spacial score (nSPS) is 11.9. The smallest absolute Gasteiger partial charge is 0.0343 e. The zero-order valence-corrected chi connectivity index (χ0v) is 15.9. The van der Waals surface area contributed by atoms with Crippen molar-refractivity contribution >= 4 is 11.4 Å². The minimum atomic E-state index is 0.543. The molecule has 0 saturated heterocycles. The molecule has 2 nitrogen and oxygen atoms in total. The Bertz CT molecular complexity index is 562. The molecule has 2 aromatic carbocycles. The van der Waals surface area contributed by atoms with Crippen molar-refractivity contribution in [3.05, 3.63) is 60.2 Å². The van der Waals surface area contributed by atoms with Gasteiger partial charge in [-0.1, -0.05) is 62.9 Å². The molecule has 25 heavy (non-hydrogen) atoms. The third-order valence-electron chi connectivity index (χ3n) is 4.60. The van der Waals surface area contributed by atoms with Crippen LogP contribution >= 0.6 is 0 Å². The standard InChI is InChI=1S/C23H34N2/c1-3-4-5-7-11-20(2)25-23-17-15-22(16-18-23)24-19-10-14-21-12-8-6-9-13-21/h6,8-9,12-13,15-18,20,24-25H,3-5,7,10-11,14,19H2,1-2H3. The van der Waals surface area contributed by atoms with Gasteiger partial charge in [0.2, 0.25) is 0 Å². The molecule has 2 heteroatoms. The number of nitrogens with one attached hydrogen (secondary N) is 2. The van der Waals surface area contributed by atoms with Crippen molar-refractivity contribution in [1.29, 1.82) is 0 Å². The lowest BCUT2D eigenvalue weighted by atomic mass is 10.1. The summed E-state index contributed by atoms with van der Waals surface area (Å²) in [7, 11) is 0. The van der Waals surface area contributed by atoms with Crippen molar-refractivity contribution < 1.29 is 0 Å². The molecule has 0 fully saturated rings. The molecule has 0 aliphatic heterocycles. The Morgan fingerprint density at radius 2 is 1.52 bits per heavy atom. The van der Waals surface area contributed by atoms with Crippen LogP contribution in [0, 0.1) is 0 Å². The van der Waals surface area contributed by atoms with E-state index in [1.54, 1.807) is 0 Å². The molecule has 2 N–H and O–H groups in total. The van der Waals surface area contributed by atoms with Crippen LogP contribution in [0.1, 0.15) is 57.9 Å². The topological polar surface area (TPSA) is 24.1 Å². The van der Waals surface area contributed by atoms with Gasteiger partial charge in [-0.3, -0.25) is 0 Å². The maximum atomic E-state index is 3.61. The van der Waals surface area contributed by atoms with Gasteiger partial charge in [0.05, 0.1) is 0 Å². The van der Waals surface area contributed by atoms with Gasteiger partial charge in [0, 0.05) is 24.0 Å². The highest BCUT2D eigenvalue weighted by atomic mass is 14.9.